The highest BCUT2D eigenvalue weighted by molar-refractivity contribution is 5.88. The molecule has 1 aliphatic heterocycles. The molecule has 0 saturated heterocycles. The number of ether oxygens (including phenoxy) is 2. The summed E-state index contributed by atoms with van der Waals surface area (Å²) in [6, 6.07) is 5.77. The molecule has 1 amide bonds. The Hall–Kier alpha value is -2.63. The molecule has 6 nitrogen and oxygen atoms in total. The zero-order chi connectivity index (χ0) is 14.1. The molecule has 0 radical (unpaired) electrons. The van der Waals surface area contributed by atoms with Gasteiger partial charge in [0.1, 0.15) is 5.75 Å². The first kappa shape index (κ1) is 12.4. The van der Waals surface area contributed by atoms with Crippen LogP contribution >= 0.6 is 0 Å². The number of fused-ring (bicyclic) bond motifs is 2. The van der Waals surface area contributed by atoms with Crippen LogP contribution < -0.4 is 9.64 Å². The number of hydrogen-bond acceptors (Lipinski definition) is 5. The third-order valence-corrected chi connectivity index (χ3v) is 3.12. The van der Waals surface area contributed by atoms with E-state index in [-0.39, 0.29) is 0 Å². The van der Waals surface area contributed by atoms with Crippen LogP contribution in [0.3, 0.4) is 0 Å². The van der Waals surface area contributed by atoms with Gasteiger partial charge in [-0.3, -0.25) is 4.90 Å². The number of aryl methyl sites for hydroxylation is 1. The van der Waals surface area contributed by atoms with E-state index in [9.17, 15) is 4.79 Å². The topological polar surface area (TPSA) is 64.5 Å². The van der Waals surface area contributed by atoms with Crippen molar-refractivity contribution < 1.29 is 14.3 Å². The van der Waals surface area contributed by atoms with Crippen LogP contribution in [-0.2, 0) is 11.3 Å². The number of carbonyl (C=O) groups is 1. The molecule has 1 aliphatic rings. The van der Waals surface area contributed by atoms with Gasteiger partial charge in [0.25, 0.3) is 5.88 Å². The molecular weight excluding hydrogens is 258 g/mol. The highest BCUT2D eigenvalue weighted by Gasteiger charge is 2.28. The van der Waals surface area contributed by atoms with Crippen LogP contribution in [0.25, 0.3) is 0 Å². The maximum absolute atomic E-state index is 12.0. The largest absolute Gasteiger partial charge is 0.452 e. The van der Waals surface area contributed by atoms with Gasteiger partial charge in [0.05, 0.1) is 13.7 Å². The third-order valence-electron chi connectivity index (χ3n) is 3.12. The highest BCUT2D eigenvalue weighted by atomic mass is 16.5. The summed E-state index contributed by atoms with van der Waals surface area (Å²) in [5.41, 5.74) is 1.86. The van der Waals surface area contributed by atoms with Gasteiger partial charge in [-0.1, -0.05) is 18.2 Å². The lowest BCUT2D eigenvalue weighted by molar-refractivity contribution is 0.178. The second-order valence-corrected chi connectivity index (χ2v) is 4.41. The lowest BCUT2D eigenvalue weighted by Crippen LogP contribution is -2.30. The first-order valence-electron chi connectivity index (χ1n) is 6.13. The van der Waals surface area contributed by atoms with Crippen molar-refractivity contribution in [2.24, 2.45) is 0 Å². The minimum absolute atomic E-state index is 0.297. The van der Waals surface area contributed by atoms with Gasteiger partial charge in [-0.05, 0) is 12.5 Å². The SMILES string of the molecule is COC(=O)N1Cc2cccc(C)c2Oc2nccnc21. The molecule has 0 bridgehead atoms. The summed E-state index contributed by atoms with van der Waals surface area (Å²) in [6.45, 7) is 2.28. The summed E-state index contributed by atoms with van der Waals surface area (Å²) in [5, 5.41) is 0. The van der Waals surface area contributed by atoms with Gasteiger partial charge in [-0.15, -0.1) is 0 Å². The molecule has 2 heterocycles. The fourth-order valence-electron chi connectivity index (χ4n) is 2.16. The maximum atomic E-state index is 12.0. The van der Waals surface area contributed by atoms with Crippen molar-refractivity contribution in [1.82, 2.24) is 9.97 Å². The van der Waals surface area contributed by atoms with E-state index in [1.54, 1.807) is 0 Å². The molecule has 3 rings (SSSR count). The van der Waals surface area contributed by atoms with E-state index >= 15 is 0 Å². The Kier molecular flexibility index (Phi) is 2.98. The van der Waals surface area contributed by atoms with Crippen LogP contribution in [0.4, 0.5) is 10.6 Å². The third kappa shape index (κ3) is 1.95. The standard InChI is InChI=1S/C14H13N3O3/c1-9-4-3-5-10-8-17(14(18)19-2)12-13(20-11(9)10)16-7-6-15-12/h3-7H,8H2,1-2H3. The second kappa shape index (κ2) is 4.80. The molecular formula is C14H13N3O3. The van der Waals surface area contributed by atoms with Crippen molar-refractivity contribution in [3.05, 3.63) is 41.7 Å². The van der Waals surface area contributed by atoms with Gasteiger partial charge < -0.3 is 9.47 Å². The first-order valence-corrected chi connectivity index (χ1v) is 6.13. The fourth-order valence-corrected chi connectivity index (χ4v) is 2.16. The molecule has 2 aromatic rings. The monoisotopic (exact) mass is 271 g/mol. The minimum atomic E-state index is -0.496. The zero-order valence-corrected chi connectivity index (χ0v) is 11.2. The maximum Gasteiger partial charge on any atom is 0.415 e. The van der Waals surface area contributed by atoms with E-state index in [0.717, 1.165) is 11.1 Å². The van der Waals surface area contributed by atoms with Gasteiger partial charge in [0.15, 0.2) is 0 Å². The van der Waals surface area contributed by atoms with Crippen molar-refractivity contribution in [3.63, 3.8) is 0 Å². The smallest absolute Gasteiger partial charge is 0.415 e. The van der Waals surface area contributed by atoms with Gasteiger partial charge in [-0.25, -0.2) is 14.8 Å². The Morgan fingerprint density at radius 3 is 2.95 bits per heavy atom. The van der Waals surface area contributed by atoms with Crippen LogP contribution in [0.5, 0.6) is 11.6 Å². The van der Waals surface area contributed by atoms with E-state index in [1.807, 2.05) is 25.1 Å². The summed E-state index contributed by atoms with van der Waals surface area (Å²) < 4.78 is 10.6. The van der Waals surface area contributed by atoms with Gasteiger partial charge in [0, 0.05) is 18.0 Å². The van der Waals surface area contributed by atoms with E-state index in [0.29, 0.717) is 24.0 Å². The molecule has 0 aliphatic carbocycles. The summed E-state index contributed by atoms with van der Waals surface area (Å²) in [4.78, 5) is 21.7. The summed E-state index contributed by atoms with van der Waals surface area (Å²) in [6.07, 6.45) is 2.54. The predicted molar refractivity (Wildman–Crippen MR) is 71.9 cm³/mol. The number of aromatic nitrogens is 2. The Labute approximate surface area is 116 Å². The summed E-state index contributed by atoms with van der Waals surface area (Å²) >= 11 is 0. The quantitative estimate of drug-likeness (QED) is 0.737. The number of benzene rings is 1. The van der Waals surface area contributed by atoms with Crippen molar-refractivity contribution in [1.29, 1.82) is 0 Å². The van der Waals surface area contributed by atoms with Crippen LogP contribution in [-0.4, -0.2) is 23.2 Å². The number of rotatable bonds is 0. The van der Waals surface area contributed by atoms with E-state index in [1.165, 1.54) is 24.4 Å². The van der Waals surface area contributed by atoms with E-state index < -0.39 is 6.09 Å². The van der Waals surface area contributed by atoms with Crippen LogP contribution in [0.1, 0.15) is 11.1 Å². The number of carbonyl (C=O) groups excluding carboxylic acids is 1. The second-order valence-electron chi connectivity index (χ2n) is 4.41. The average Bonchev–Trinajstić information content (AvgIpc) is 2.64. The number of hydrogen-bond donors (Lipinski definition) is 0. The number of nitrogens with zero attached hydrogens (tertiary/aromatic N) is 3. The molecule has 0 atom stereocenters. The van der Waals surface area contributed by atoms with E-state index in [2.05, 4.69) is 9.97 Å². The Morgan fingerprint density at radius 1 is 1.35 bits per heavy atom. The molecule has 1 aromatic heterocycles. The van der Waals surface area contributed by atoms with Crippen LogP contribution in [0, 0.1) is 6.92 Å². The predicted octanol–water partition coefficient (Wildman–Crippen LogP) is 2.66. The summed E-state index contributed by atoms with van der Waals surface area (Å²) in [5.74, 6) is 1.36. The highest BCUT2D eigenvalue weighted by Crippen LogP contribution is 2.37. The van der Waals surface area contributed by atoms with Crippen LogP contribution in [0.15, 0.2) is 30.6 Å². The molecule has 0 fully saturated rings. The zero-order valence-electron chi connectivity index (χ0n) is 11.2. The van der Waals surface area contributed by atoms with E-state index in [4.69, 9.17) is 9.47 Å². The van der Waals surface area contributed by atoms with Crippen LogP contribution in [0.2, 0.25) is 0 Å². The molecule has 0 N–H and O–H groups in total. The lowest BCUT2D eigenvalue weighted by atomic mass is 10.1. The fraction of sp³-hybridized carbons (Fsp3) is 0.214. The number of anilines is 1. The minimum Gasteiger partial charge on any atom is -0.452 e. The number of methoxy groups -OCH3 is 1. The molecule has 0 saturated carbocycles. The van der Waals surface area contributed by atoms with Gasteiger partial charge >= 0.3 is 6.09 Å². The van der Waals surface area contributed by atoms with Gasteiger partial charge in [0.2, 0.25) is 5.82 Å². The molecule has 20 heavy (non-hydrogen) atoms. The Bertz CT molecular complexity index is 672. The molecule has 102 valence electrons. The number of amides is 1. The van der Waals surface area contributed by atoms with Crippen molar-refractivity contribution in [2.75, 3.05) is 12.0 Å². The first-order chi connectivity index (χ1) is 9.70. The molecule has 1 aromatic carbocycles. The molecule has 0 spiro atoms. The van der Waals surface area contributed by atoms with Gasteiger partial charge in [-0.2, -0.15) is 0 Å². The van der Waals surface area contributed by atoms with Crippen molar-refractivity contribution in [2.45, 2.75) is 13.5 Å². The number of para-hydroxylation sites is 1. The lowest BCUT2D eigenvalue weighted by Gasteiger charge is -2.18. The van der Waals surface area contributed by atoms with Crippen molar-refractivity contribution >= 4 is 11.9 Å². The Balaban J connectivity index is 2.17. The van der Waals surface area contributed by atoms with Crippen molar-refractivity contribution in [3.8, 4) is 11.6 Å². The molecule has 6 heteroatoms. The Morgan fingerprint density at radius 2 is 2.15 bits per heavy atom. The molecule has 0 unspecified atom stereocenters. The summed E-state index contributed by atoms with van der Waals surface area (Å²) in [7, 11) is 1.33. The normalized spacial score (nSPS) is 12.8. The average molecular weight is 271 g/mol.